The second kappa shape index (κ2) is 7.72. The van der Waals surface area contributed by atoms with Crippen molar-refractivity contribution >= 4 is 50.3 Å². The third-order valence-corrected chi connectivity index (χ3v) is 11.1. The fraction of sp³-hybridized carbons (Fsp3) is 0.0690. The SMILES string of the molecule is Cn1ccc2c([P+](c3ccccc3)(c3ccccc3)c3cccc4c3cnn4C)cccc21. The highest BCUT2D eigenvalue weighted by Crippen LogP contribution is 2.56. The Bertz CT molecular complexity index is 1460. The van der Waals surface area contributed by atoms with Gasteiger partial charge in [-0.25, -0.2) is 0 Å². The standard InChI is InChI=1S/C29H25N3P/c1-31-20-19-24-26(31)15-9-17-28(24)33(22-11-5-3-6-12-22,23-13-7-4-8-14-23)29-18-10-16-27-25(29)21-30-32(27)2/h3-21H,1-2H3/q+1. The quantitative estimate of drug-likeness (QED) is 0.361. The van der Waals surface area contributed by atoms with Crippen molar-refractivity contribution in [2.24, 2.45) is 14.1 Å². The molecule has 0 spiro atoms. The van der Waals surface area contributed by atoms with E-state index in [4.69, 9.17) is 0 Å². The molecule has 3 nitrogen and oxygen atoms in total. The van der Waals surface area contributed by atoms with Crippen molar-refractivity contribution < 1.29 is 0 Å². The first-order chi connectivity index (χ1) is 16.2. The lowest BCUT2D eigenvalue weighted by Crippen LogP contribution is -2.39. The lowest BCUT2D eigenvalue weighted by Gasteiger charge is -2.28. The van der Waals surface area contributed by atoms with Crippen molar-refractivity contribution in [3.8, 4) is 0 Å². The molecule has 0 atom stereocenters. The smallest absolute Gasteiger partial charge is 0.145 e. The molecule has 0 unspecified atom stereocenters. The fourth-order valence-corrected chi connectivity index (χ4v) is 9.78. The van der Waals surface area contributed by atoms with Gasteiger partial charge in [-0.2, -0.15) is 5.10 Å². The molecule has 0 radical (unpaired) electrons. The van der Waals surface area contributed by atoms with E-state index in [1.807, 2.05) is 17.9 Å². The van der Waals surface area contributed by atoms with Gasteiger partial charge in [0.05, 0.1) is 22.6 Å². The summed E-state index contributed by atoms with van der Waals surface area (Å²) in [6.07, 6.45) is 4.21. The first-order valence-electron chi connectivity index (χ1n) is 11.2. The van der Waals surface area contributed by atoms with Crippen LogP contribution in [-0.2, 0) is 14.1 Å². The summed E-state index contributed by atoms with van der Waals surface area (Å²) in [5.74, 6) is 0. The second-order valence-corrected chi connectivity index (χ2v) is 11.8. The number of hydrogen-bond acceptors (Lipinski definition) is 1. The van der Waals surface area contributed by atoms with Gasteiger partial charge < -0.3 is 4.57 Å². The normalized spacial score (nSPS) is 11.9. The highest BCUT2D eigenvalue weighted by atomic mass is 31.2. The van der Waals surface area contributed by atoms with E-state index in [2.05, 4.69) is 126 Å². The number of aromatic nitrogens is 3. The van der Waals surface area contributed by atoms with E-state index in [-0.39, 0.29) is 0 Å². The zero-order valence-electron chi connectivity index (χ0n) is 18.8. The molecule has 2 aromatic heterocycles. The summed E-state index contributed by atoms with van der Waals surface area (Å²) in [5, 5.41) is 12.6. The summed E-state index contributed by atoms with van der Waals surface area (Å²) in [5.41, 5.74) is 2.41. The fourth-order valence-electron chi connectivity index (χ4n) is 5.17. The minimum Gasteiger partial charge on any atom is -0.350 e. The Morgan fingerprint density at radius 3 is 1.79 bits per heavy atom. The van der Waals surface area contributed by atoms with E-state index in [0.29, 0.717) is 0 Å². The van der Waals surface area contributed by atoms with Crippen LogP contribution in [0.15, 0.2) is 116 Å². The zero-order chi connectivity index (χ0) is 22.4. The van der Waals surface area contributed by atoms with Gasteiger partial charge in [0.25, 0.3) is 0 Å². The topological polar surface area (TPSA) is 22.8 Å². The Kier molecular flexibility index (Phi) is 4.67. The Morgan fingerprint density at radius 2 is 1.15 bits per heavy atom. The minimum absolute atomic E-state index is 1.16. The largest absolute Gasteiger partial charge is 0.350 e. The summed E-state index contributed by atoms with van der Waals surface area (Å²) < 4.78 is 4.20. The predicted molar refractivity (Wildman–Crippen MR) is 142 cm³/mol. The van der Waals surface area contributed by atoms with Gasteiger partial charge in [0, 0.05) is 25.7 Å². The molecule has 0 saturated heterocycles. The summed E-state index contributed by atoms with van der Waals surface area (Å²) in [4.78, 5) is 0. The number of hydrogen-bond donors (Lipinski definition) is 0. The summed E-state index contributed by atoms with van der Waals surface area (Å²) >= 11 is 0. The number of fused-ring (bicyclic) bond motifs is 2. The van der Waals surface area contributed by atoms with Crippen LogP contribution < -0.4 is 21.2 Å². The van der Waals surface area contributed by atoms with Gasteiger partial charge in [-0.15, -0.1) is 0 Å². The summed E-state index contributed by atoms with van der Waals surface area (Å²) in [6, 6.07) is 37.8. The third-order valence-electron chi connectivity index (χ3n) is 6.68. The molecule has 4 heteroatoms. The average molecular weight is 447 g/mol. The number of nitrogens with zero attached hydrogens (tertiary/aromatic N) is 3. The van der Waals surface area contributed by atoms with E-state index in [0.717, 1.165) is 5.52 Å². The van der Waals surface area contributed by atoms with Crippen LogP contribution in [0.1, 0.15) is 0 Å². The number of rotatable bonds is 4. The molecule has 33 heavy (non-hydrogen) atoms. The Morgan fingerprint density at radius 1 is 0.576 bits per heavy atom. The van der Waals surface area contributed by atoms with E-state index < -0.39 is 7.26 Å². The molecule has 0 amide bonds. The van der Waals surface area contributed by atoms with Gasteiger partial charge in [0.15, 0.2) is 0 Å². The molecule has 0 aliphatic carbocycles. The molecule has 0 saturated carbocycles. The van der Waals surface area contributed by atoms with Crippen molar-refractivity contribution in [2.45, 2.75) is 0 Å². The van der Waals surface area contributed by atoms with Crippen LogP contribution in [0.3, 0.4) is 0 Å². The summed E-state index contributed by atoms with van der Waals surface area (Å²) in [7, 11) is 1.91. The monoisotopic (exact) mass is 446 g/mol. The molecule has 0 N–H and O–H groups in total. The number of benzene rings is 4. The maximum atomic E-state index is 4.65. The van der Waals surface area contributed by atoms with Crippen molar-refractivity contribution in [3.05, 3.63) is 116 Å². The van der Waals surface area contributed by atoms with Crippen LogP contribution in [0.4, 0.5) is 0 Å². The van der Waals surface area contributed by atoms with E-state index in [9.17, 15) is 0 Å². The van der Waals surface area contributed by atoms with Gasteiger partial charge in [-0.1, -0.05) is 48.5 Å². The van der Waals surface area contributed by atoms with Crippen molar-refractivity contribution in [1.29, 1.82) is 0 Å². The predicted octanol–water partition coefficient (Wildman–Crippen LogP) is 4.68. The first-order valence-corrected chi connectivity index (χ1v) is 13.0. The average Bonchev–Trinajstić information content (AvgIpc) is 3.45. The number of aryl methyl sites for hydroxylation is 2. The highest BCUT2D eigenvalue weighted by Gasteiger charge is 2.50. The van der Waals surface area contributed by atoms with E-state index in [1.54, 1.807) is 0 Å². The maximum Gasteiger partial charge on any atom is 0.145 e. The third kappa shape index (κ3) is 2.90. The second-order valence-electron chi connectivity index (χ2n) is 8.46. The van der Waals surface area contributed by atoms with Crippen molar-refractivity contribution in [3.63, 3.8) is 0 Å². The van der Waals surface area contributed by atoms with Gasteiger partial charge >= 0.3 is 0 Å². The molecule has 0 bridgehead atoms. The minimum atomic E-state index is -2.24. The molecule has 2 heterocycles. The van der Waals surface area contributed by atoms with Crippen LogP contribution in [0.25, 0.3) is 21.8 Å². The Hall–Kier alpha value is -3.68. The zero-order valence-corrected chi connectivity index (χ0v) is 19.7. The molecular weight excluding hydrogens is 421 g/mol. The van der Waals surface area contributed by atoms with Crippen molar-refractivity contribution in [2.75, 3.05) is 0 Å². The molecule has 160 valence electrons. The van der Waals surface area contributed by atoms with Gasteiger partial charge in [-0.05, 0) is 54.6 Å². The van der Waals surface area contributed by atoms with E-state index >= 15 is 0 Å². The van der Waals surface area contributed by atoms with Gasteiger partial charge in [-0.3, -0.25) is 4.68 Å². The molecule has 4 aromatic carbocycles. The van der Waals surface area contributed by atoms with E-state index in [1.165, 1.54) is 37.5 Å². The lowest BCUT2D eigenvalue weighted by atomic mass is 10.2. The molecule has 0 aliphatic rings. The first kappa shape index (κ1) is 20.0. The van der Waals surface area contributed by atoms with Gasteiger partial charge in [0.1, 0.15) is 28.5 Å². The molecule has 0 fully saturated rings. The molecule has 6 aromatic rings. The Balaban J connectivity index is 1.87. The van der Waals surface area contributed by atoms with Crippen LogP contribution >= 0.6 is 7.26 Å². The van der Waals surface area contributed by atoms with Gasteiger partial charge in [0.2, 0.25) is 0 Å². The lowest BCUT2D eigenvalue weighted by molar-refractivity contribution is 0.797. The molecular formula is C29H25N3P+. The van der Waals surface area contributed by atoms with Crippen LogP contribution in [0.2, 0.25) is 0 Å². The van der Waals surface area contributed by atoms with Crippen molar-refractivity contribution in [1.82, 2.24) is 14.3 Å². The van der Waals surface area contributed by atoms with Crippen LogP contribution in [0.5, 0.6) is 0 Å². The maximum absolute atomic E-state index is 4.65. The van der Waals surface area contributed by atoms with Crippen LogP contribution in [0, 0.1) is 0 Å². The molecule has 6 rings (SSSR count). The highest BCUT2D eigenvalue weighted by molar-refractivity contribution is 8.02. The molecule has 0 aliphatic heterocycles. The summed E-state index contributed by atoms with van der Waals surface area (Å²) in [6.45, 7) is 0. The van der Waals surface area contributed by atoms with Crippen LogP contribution in [-0.4, -0.2) is 14.3 Å². The Labute approximate surface area is 194 Å².